The molecule has 0 amide bonds. The van der Waals surface area contributed by atoms with E-state index in [1.165, 1.54) is 41.7 Å². The van der Waals surface area contributed by atoms with Crippen molar-refractivity contribution in [3.8, 4) is 17.2 Å². The molecule has 0 spiro atoms. The average molecular weight is 515 g/mol. The summed E-state index contributed by atoms with van der Waals surface area (Å²) in [5.74, 6) is -2.10. The van der Waals surface area contributed by atoms with Crippen LogP contribution in [0.5, 0.6) is 0 Å². The highest BCUT2D eigenvalue weighted by atomic mass is 32.2. The second-order valence-electron chi connectivity index (χ2n) is 8.94. The Hall–Kier alpha value is -2.97. The number of thiazole rings is 1. The van der Waals surface area contributed by atoms with Gasteiger partial charge in [-0.2, -0.15) is 5.26 Å². The molecule has 0 fully saturated rings. The van der Waals surface area contributed by atoms with Gasteiger partial charge in [0.15, 0.2) is 5.65 Å². The Morgan fingerprint density at radius 3 is 2.49 bits per heavy atom. The fourth-order valence-electron chi connectivity index (χ4n) is 3.55. The number of hydrogen-bond acceptors (Lipinski definition) is 6. The first kappa shape index (κ1) is 25.1. The fraction of sp³-hybridized carbons (Fsp3) is 0.240. The van der Waals surface area contributed by atoms with Crippen molar-refractivity contribution in [3.05, 3.63) is 82.2 Å². The largest absolute Gasteiger partial charge is 0.598 e. The zero-order valence-electron chi connectivity index (χ0n) is 19.1. The van der Waals surface area contributed by atoms with Gasteiger partial charge in [0.1, 0.15) is 28.3 Å². The maximum absolute atomic E-state index is 14.0. The minimum absolute atomic E-state index is 0.0679. The molecule has 0 bridgehead atoms. The van der Waals surface area contributed by atoms with Gasteiger partial charge in [-0.1, -0.05) is 6.07 Å². The van der Waals surface area contributed by atoms with Crippen LogP contribution in [0.1, 0.15) is 43.6 Å². The van der Waals surface area contributed by atoms with Crippen molar-refractivity contribution in [2.45, 2.75) is 38.0 Å². The summed E-state index contributed by atoms with van der Waals surface area (Å²) in [4.78, 5) is 8.98. The Balaban J connectivity index is 1.90. The molecule has 10 heteroatoms. The van der Waals surface area contributed by atoms with Crippen LogP contribution in [0, 0.1) is 28.8 Å². The Morgan fingerprint density at radius 2 is 1.83 bits per heavy atom. The first-order valence-corrected chi connectivity index (χ1v) is 12.7. The molecular formula is C25H21F3N4OS2. The van der Waals surface area contributed by atoms with E-state index in [0.29, 0.717) is 28.0 Å². The van der Waals surface area contributed by atoms with Crippen LogP contribution in [0.2, 0.25) is 0 Å². The molecule has 2 aromatic heterocycles. The van der Waals surface area contributed by atoms with Crippen LogP contribution in [0.3, 0.4) is 0 Å². The lowest BCUT2D eigenvalue weighted by molar-refractivity contribution is 0.517. The van der Waals surface area contributed by atoms with Gasteiger partial charge in [-0.15, -0.1) is 16.1 Å². The summed E-state index contributed by atoms with van der Waals surface area (Å²) in [6, 6.07) is 10.3. The zero-order valence-corrected chi connectivity index (χ0v) is 20.7. The predicted octanol–water partition coefficient (Wildman–Crippen LogP) is 5.98. The number of nitriles is 1. The van der Waals surface area contributed by atoms with Crippen LogP contribution in [-0.2, 0) is 17.8 Å². The molecule has 0 aliphatic carbocycles. The summed E-state index contributed by atoms with van der Waals surface area (Å²) >= 11 is -0.195. The molecule has 0 saturated carbocycles. The van der Waals surface area contributed by atoms with Crippen LogP contribution in [0.4, 0.5) is 13.2 Å². The first-order valence-electron chi connectivity index (χ1n) is 10.6. The summed E-state index contributed by atoms with van der Waals surface area (Å²) in [7, 11) is 0. The highest BCUT2D eigenvalue weighted by Crippen LogP contribution is 2.35. The molecule has 0 aliphatic heterocycles. The highest BCUT2D eigenvalue weighted by Gasteiger charge is 2.32. The molecule has 35 heavy (non-hydrogen) atoms. The lowest BCUT2D eigenvalue weighted by Crippen LogP contribution is -2.42. The maximum atomic E-state index is 14.0. The van der Waals surface area contributed by atoms with Crippen molar-refractivity contribution < 1.29 is 17.7 Å². The van der Waals surface area contributed by atoms with Gasteiger partial charge in [-0.3, -0.25) is 0 Å². The molecule has 2 heterocycles. The van der Waals surface area contributed by atoms with Gasteiger partial charge in [0.2, 0.25) is 0 Å². The zero-order chi connectivity index (χ0) is 25.3. The van der Waals surface area contributed by atoms with E-state index in [9.17, 15) is 23.0 Å². The van der Waals surface area contributed by atoms with Crippen LogP contribution in [0.15, 0.2) is 48.0 Å². The van der Waals surface area contributed by atoms with Gasteiger partial charge >= 0.3 is 0 Å². The first-order chi connectivity index (χ1) is 16.5. The molecule has 4 rings (SSSR count). The minimum atomic E-state index is -1.56. The average Bonchev–Trinajstić information content (AvgIpc) is 3.24. The summed E-state index contributed by atoms with van der Waals surface area (Å²) in [5, 5.41) is 9.33. The van der Waals surface area contributed by atoms with E-state index in [2.05, 4.69) is 9.71 Å². The molecule has 2 aromatic carbocycles. The van der Waals surface area contributed by atoms with Crippen LogP contribution >= 0.6 is 11.3 Å². The molecule has 0 unspecified atom stereocenters. The summed E-state index contributed by atoms with van der Waals surface area (Å²) in [6.07, 6.45) is 0.0679. The molecule has 1 N–H and O–H groups in total. The number of halogens is 3. The number of rotatable bonds is 6. The second kappa shape index (κ2) is 9.95. The number of hydrogen-bond donors (Lipinski definition) is 1. The SMILES string of the molecule is CC(C)(C)[S@+]([O-])N[C@@H](Cc1cc(F)cc(F)c1)c1nc2ncsc2cc1-c1ccc(F)c(C#N)c1. The van der Waals surface area contributed by atoms with Crippen molar-refractivity contribution in [2.24, 2.45) is 0 Å². The normalized spacial score (nSPS) is 13.5. The van der Waals surface area contributed by atoms with Crippen molar-refractivity contribution in [3.63, 3.8) is 0 Å². The molecule has 5 nitrogen and oxygen atoms in total. The van der Waals surface area contributed by atoms with Gasteiger partial charge < -0.3 is 4.55 Å². The third-order valence-electron chi connectivity index (χ3n) is 5.25. The van der Waals surface area contributed by atoms with Crippen molar-refractivity contribution in [2.75, 3.05) is 0 Å². The van der Waals surface area contributed by atoms with E-state index in [4.69, 9.17) is 4.98 Å². The molecule has 4 aromatic rings. The van der Waals surface area contributed by atoms with E-state index in [0.717, 1.165) is 10.8 Å². The molecule has 0 aliphatic rings. The van der Waals surface area contributed by atoms with Crippen molar-refractivity contribution in [1.29, 1.82) is 5.26 Å². The van der Waals surface area contributed by atoms with Gasteiger partial charge in [0.25, 0.3) is 0 Å². The number of fused-ring (bicyclic) bond motifs is 1. The fourth-order valence-corrected chi connectivity index (χ4v) is 5.01. The predicted molar refractivity (Wildman–Crippen MR) is 131 cm³/mol. The second-order valence-corrected chi connectivity index (χ2v) is 11.8. The lowest BCUT2D eigenvalue weighted by atomic mass is 9.95. The molecule has 0 saturated heterocycles. The quantitative estimate of drug-likeness (QED) is 0.320. The highest BCUT2D eigenvalue weighted by molar-refractivity contribution is 7.90. The number of nitrogens with one attached hydrogen (secondary N) is 1. The minimum Gasteiger partial charge on any atom is -0.598 e. The van der Waals surface area contributed by atoms with Crippen LogP contribution < -0.4 is 4.72 Å². The van der Waals surface area contributed by atoms with Gasteiger partial charge in [-0.25, -0.2) is 23.1 Å². The van der Waals surface area contributed by atoms with Gasteiger partial charge in [-0.05, 0) is 68.7 Å². The van der Waals surface area contributed by atoms with E-state index >= 15 is 0 Å². The standard InChI is InChI=1S/C25H21F3N4OS2/c1-25(2,3)35(33)32-21(8-14-6-17(26)10-18(27)7-14)23-19(11-22-24(31-23)30-13-34-22)15-4-5-20(28)16(9-15)12-29/h4-7,9-11,13,21,32H,8H2,1-3H3/t21-,35-/m0/s1. The number of nitrogens with zero attached hydrogens (tertiary/aromatic N) is 3. The van der Waals surface area contributed by atoms with Crippen molar-refractivity contribution >= 4 is 33.0 Å². The molecule has 180 valence electrons. The van der Waals surface area contributed by atoms with E-state index in [1.807, 2.05) is 12.1 Å². The summed E-state index contributed by atoms with van der Waals surface area (Å²) in [5.41, 5.74) is 3.81. The van der Waals surface area contributed by atoms with Gasteiger partial charge in [0.05, 0.1) is 27.5 Å². The Morgan fingerprint density at radius 1 is 1.11 bits per heavy atom. The molecule has 0 radical (unpaired) electrons. The maximum Gasteiger partial charge on any atom is 0.170 e. The lowest BCUT2D eigenvalue weighted by Gasteiger charge is -2.28. The van der Waals surface area contributed by atoms with Crippen LogP contribution in [-0.4, -0.2) is 19.3 Å². The number of aromatic nitrogens is 2. The van der Waals surface area contributed by atoms with E-state index in [1.54, 1.807) is 26.3 Å². The number of benzene rings is 2. The van der Waals surface area contributed by atoms with E-state index in [-0.39, 0.29) is 12.0 Å². The van der Waals surface area contributed by atoms with Gasteiger partial charge in [0, 0.05) is 23.0 Å². The third kappa shape index (κ3) is 5.65. The summed E-state index contributed by atoms with van der Waals surface area (Å²) < 4.78 is 58.2. The Bertz CT molecular complexity index is 1410. The molecule has 2 atom stereocenters. The Labute approximate surface area is 208 Å². The summed E-state index contributed by atoms with van der Waals surface area (Å²) in [6.45, 7) is 5.39. The Kier molecular flexibility index (Phi) is 7.15. The topological polar surface area (TPSA) is 84.7 Å². The van der Waals surface area contributed by atoms with Crippen LogP contribution in [0.25, 0.3) is 21.5 Å². The van der Waals surface area contributed by atoms with E-state index < -0.39 is 39.6 Å². The monoisotopic (exact) mass is 514 g/mol. The smallest absolute Gasteiger partial charge is 0.170 e. The third-order valence-corrected chi connectivity index (χ3v) is 7.62. The molecular weight excluding hydrogens is 493 g/mol. The van der Waals surface area contributed by atoms with Crippen molar-refractivity contribution in [1.82, 2.24) is 14.7 Å². The number of pyridine rings is 1.